The number of hydrogen-bond acceptors (Lipinski definition) is 4. The summed E-state index contributed by atoms with van der Waals surface area (Å²) in [5.41, 5.74) is 0.970. The fraction of sp³-hybridized carbons (Fsp3) is 0.615. The second kappa shape index (κ2) is 5.79. The maximum absolute atomic E-state index is 4.65. The summed E-state index contributed by atoms with van der Waals surface area (Å²) in [6.45, 7) is 0. The Balaban J connectivity index is 2.06. The zero-order valence-corrected chi connectivity index (χ0v) is 13.4. The second-order valence-electron chi connectivity index (χ2n) is 4.97. The number of nitrogens with zero attached hydrogens (tertiary/aromatic N) is 4. The molecule has 2 aromatic rings. The molecule has 2 aromatic heterocycles. The molecule has 19 heavy (non-hydrogen) atoms. The van der Waals surface area contributed by atoms with Gasteiger partial charge in [0, 0.05) is 6.20 Å². The van der Waals surface area contributed by atoms with Gasteiger partial charge in [-0.15, -0.1) is 0 Å². The number of halogens is 1. The van der Waals surface area contributed by atoms with Crippen LogP contribution in [0.3, 0.4) is 0 Å². The van der Waals surface area contributed by atoms with Crippen LogP contribution in [-0.2, 0) is 0 Å². The van der Waals surface area contributed by atoms with Crippen molar-refractivity contribution in [2.24, 2.45) is 0 Å². The minimum Gasteiger partial charge on any atom is -0.243 e. The van der Waals surface area contributed by atoms with Crippen molar-refractivity contribution in [1.29, 1.82) is 0 Å². The summed E-state index contributed by atoms with van der Waals surface area (Å²) in [5.74, 6) is 0. The van der Waals surface area contributed by atoms with Crippen LogP contribution in [-0.4, -0.2) is 26.0 Å². The van der Waals surface area contributed by atoms with Crippen molar-refractivity contribution in [2.75, 3.05) is 6.26 Å². The summed E-state index contributed by atoms with van der Waals surface area (Å²) in [7, 11) is 0. The lowest BCUT2D eigenvalue weighted by Gasteiger charge is -2.15. The average Bonchev–Trinajstić information content (AvgIpc) is 2.64. The van der Waals surface area contributed by atoms with Crippen molar-refractivity contribution in [3.05, 3.63) is 10.8 Å². The van der Waals surface area contributed by atoms with Gasteiger partial charge in [0.25, 0.3) is 0 Å². The molecule has 102 valence electrons. The topological polar surface area (TPSA) is 43.6 Å². The summed E-state index contributed by atoms with van der Waals surface area (Å²) < 4.78 is 2.98. The predicted molar refractivity (Wildman–Crippen MR) is 81.5 cm³/mol. The molecular formula is C13H17BrN4S. The molecule has 0 N–H and O–H groups in total. The highest BCUT2D eigenvalue weighted by Gasteiger charge is 2.20. The standard InChI is InChI=1S/C13H17BrN4S/c1-19-13-15-8-10-11(14)17-18(12(10)16-13)9-6-4-2-3-5-7-9/h8-9H,2-7H2,1H3. The van der Waals surface area contributed by atoms with Crippen LogP contribution in [0.15, 0.2) is 16.0 Å². The molecule has 2 heterocycles. The molecule has 0 unspecified atom stereocenters. The minimum atomic E-state index is 0.487. The first-order valence-electron chi connectivity index (χ1n) is 6.74. The zero-order chi connectivity index (χ0) is 13.2. The van der Waals surface area contributed by atoms with E-state index in [9.17, 15) is 0 Å². The van der Waals surface area contributed by atoms with E-state index in [-0.39, 0.29) is 0 Å². The number of aromatic nitrogens is 4. The van der Waals surface area contributed by atoms with Gasteiger partial charge in [-0.2, -0.15) is 5.10 Å². The summed E-state index contributed by atoms with van der Waals surface area (Å²) in [6.07, 6.45) is 11.6. The first-order chi connectivity index (χ1) is 9.29. The number of rotatable bonds is 2. The van der Waals surface area contributed by atoms with Gasteiger partial charge in [-0.05, 0) is 35.0 Å². The highest BCUT2D eigenvalue weighted by Crippen LogP contribution is 2.31. The molecule has 1 saturated carbocycles. The monoisotopic (exact) mass is 340 g/mol. The Morgan fingerprint density at radius 2 is 2.00 bits per heavy atom. The molecule has 1 aliphatic carbocycles. The SMILES string of the molecule is CSc1ncc2c(Br)nn(C3CCCCCC3)c2n1. The molecule has 0 spiro atoms. The summed E-state index contributed by atoms with van der Waals surface area (Å²) >= 11 is 5.11. The Kier molecular flexibility index (Phi) is 4.07. The lowest BCUT2D eigenvalue weighted by atomic mass is 10.1. The quantitative estimate of drug-likeness (QED) is 0.466. The molecule has 0 aromatic carbocycles. The normalized spacial score (nSPS) is 17.8. The van der Waals surface area contributed by atoms with Gasteiger partial charge in [-0.3, -0.25) is 0 Å². The van der Waals surface area contributed by atoms with Gasteiger partial charge in [0.1, 0.15) is 4.60 Å². The van der Waals surface area contributed by atoms with Crippen molar-refractivity contribution in [3.8, 4) is 0 Å². The lowest BCUT2D eigenvalue weighted by Crippen LogP contribution is -2.10. The van der Waals surface area contributed by atoms with Crippen LogP contribution in [0, 0.1) is 0 Å². The van der Waals surface area contributed by atoms with Gasteiger partial charge in [0.2, 0.25) is 0 Å². The predicted octanol–water partition coefficient (Wildman–Crippen LogP) is 4.21. The van der Waals surface area contributed by atoms with E-state index in [1.807, 2.05) is 12.5 Å². The van der Waals surface area contributed by atoms with E-state index in [1.54, 1.807) is 11.8 Å². The Morgan fingerprint density at radius 1 is 1.26 bits per heavy atom. The molecular weight excluding hydrogens is 324 g/mol. The largest absolute Gasteiger partial charge is 0.243 e. The molecule has 6 heteroatoms. The maximum atomic E-state index is 4.65. The number of hydrogen-bond donors (Lipinski definition) is 0. The fourth-order valence-corrected chi connectivity index (χ4v) is 3.51. The van der Waals surface area contributed by atoms with Crippen LogP contribution in [0.5, 0.6) is 0 Å². The van der Waals surface area contributed by atoms with Gasteiger partial charge in [-0.25, -0.2) is 14.6 Å². The summed E-state index contributed by atoms with van der Waals surface area (Å²) in [6, 6.07) is 0.487. The van der Waals surface area contributed by atoms with E-state index in [4.69, 9.17) is 0 Å². The van der Waals surface area contributed by atoms with Crippen molar-refractivity contribution in [1.82, 2.24) is 19.7 Å². The molecule has 1 aliphatic rings. The van der Waals surface area contributed by atoms with Crippen molar-refractivity contribution in [3.63, 3.8) is 0 Å². The highest BCUT2D eigenvalue weighted by molar-refractivity contribution is 9.10. The molecule has 3 rings (SSSR count). The molecule has 0 bridgehead atoms. The van der Waals surface area contributed by atoms with Gasteiger partial charge >= 0.3 is 0 Å². The maximum Gasteiger partial charge on any atom is 0.189 e. The number of thioether (sulfide) groups is 1. The second-order valence-corrected chi connectivity index (χ2v) is 6.50. The summed E-state index contributed by atoms with van der Waals surface area (Å²) in [5, 5.41) is 6.48. The molecule has 1 fully saturated rings. The fourth-order valence-electron chi connectivity index (χ4n) is 2.73. The van der Waals surface area contributed by atoms with E-state index in [0.717, 1.165) is 20.8 Å². The van der Waals surface area contributed by atoms with Crippen LogP contribution >= 0.6 is 27.7 Å². The molecule has 0 saturated heterocycles. The van der Waals surface area contributed by atoms with Gasteiger partial charge in [0.05, 0.1) is 11.4 Å². The third kappa shape index (κ3) is 2.65. The van der Waals surface area contributed by atoms with E-state index < -0.39 is 0 Å². The smallest absolute Gasteiger partial charge is 0.189 e. The lowest BCUT2D eigenvalue weighted by molar-refractivity contribution is 0.413. The Morgan fingerprint density at radius 3 is 2.68 bits per heavy atom. The van der Waals surface area contributed by atoms with E-state index >= 15 is 0 Å². The Labute approximate surface area is 125 Å². The Bertz CT molecular complexity index is 575. The molecule has 4 nitrogen and oxygen atoms in total. The van der Waals surface area contributed by atoms with Crippen LogP contribution < -0.4 is 0 Å². The third-order valence-corrected chi connectivity index (χ3v) is 4.88. The minimum absolute atomic E-state index is 0.487. The third-order valence-electron chi connectivity index (χ3n) is 3.73. The molecule has 0 atom stereocenters. The molecule has 0 aliphatic heterocycles. The zero-order valence-electron chi connectivity index (χ0n) is 11.0. The van der Waals surface area contributed by atoms with Crippen molar-refractivity contribution < 1.29 is 0 Å². The Hall–Kier alpha value is -0.620. The van der Waals surface area contributed by atoms with E-state index in [2.05, 4.69) is 35.7 Å². The first kappa shape index (κ1) is 13.4. The van der Waals surface area contributed by atoms with Crippen LogP contribution in [0.2, 0.25) is 0 Å². The van der Waals surface area contributed by atoms with Crippen LogP contribution in [0.4, 0.5) is 0 Å². The van der Waals surface area contributed by atoms with Crippen molar-refractivity contribution >= 4 is 38.7 Å². The number of fused-ring (bicyclic) bond motifs is 1. The van der Waals surface area contributed by atoms with Crippen LogP contribution in [0.1, 0.15) is 44.6 Å². The van der Waals surface area contributed by atoms with E-state index in [0.29, 0.717) is 6.04 Å². The average molecular weight is 341 g/mol. The van der Waals surface area contributed by atoms with Gasteiger partial charge < -0.3 is 0 Å². The van der Waals surface area contributed by atoms with Gasteiger partial charge in [-0.1, -0.05) is 37.4 Å². The van der Waals surface area contributed by atoms with Gasteiger partial charge in [0.15, 0.2) is 10.8 Å². The van der Waals surface area contributed by atoms with Crippen molar-refractivity contribution in [2.45, 2.75) is 49.7 Å². The highest BCUT2D eigenvalue weighted by atomic mass is 79.9. The summed E-state index contributed by atoms with van der Waals surface area (Å²) in [4.78, 5) is 8.97. The van der Waals surface area contributed by atoms with E-state index in [1.165, 1.54) is 38.5 Å². The van der Waals surface area contributed by atoms with Crippen LogP contribution in [0.25, 0.3) is 11.0 Å². The molecule has 0 radical (unpaired) electrons. The molecule has 0 amide bonds. The first-order valence-corrected chi connectivity index (χ1v) is 8.76.